The Morgan fingerprint density at radius 3 is 1.53 bits per heavy atom. The van der Waals surface area contributed by atoms with E-state index < -0.39 is 17.6 Å². The van der Waals surface area contributed by atoms with Gasteiger partial charge in [0, 0.05) is 160 Å². The number of carboxylic acid groups (broad SMARTS) is 1. The van der Waals surface area contributed by atoms with Crippen molar-refractivity contribution in [1.82, 2.24) is 39.7 Å². The Bertz CT molecular complexity index is 4920. The number of carboxylic acids is 1. The fraction of sp³-hybridized carbons (Fsp3) is 0.260. The number of phenolic OH excluding ortho intramolecular Hbond substituents is 1. The van der Waals surface area contributed by atoms with E-state index in [1.807, 2.05) is 159 Å². The van der Waals surface area contributed by atoms with Crippen molar-refractivity contribution in [3.63, 3.8) is 0 Å². The van der Waals surface area contributed by atoms with Gasteiger partial charge in [-0.3, -0.25) is 23.3 Å². The smallest absolute Gasteiger partial charge is 0.354 e. The zero-order chi connectivity index (χ0) is 79.4. The maximum atomic E-state index is 14.3. The number of aromatic carboxylic acids is 1. The summed E-state index contributed by atoms with van der Waals surface area (Å²) >= 11 is 0. The molecule has 611 valence electrons. The minimum Gasteiger partial charge on any atom is -0.507 e. The Morgan fingerprint density at radius 2 is 1.03 bits per heavy atom. The molecule has 19 heteroatoms. The van der Waals surface area contributed by atoms with Crippen LogP contribution in [-0.4, -0.2) is 55.9 Å². The predicted octanol–water partition coefficient (Wildman–Crippen LogP) is 24.8. The van der Waals surface area contributed by atoms with Gasteiger partial charge in [0.25, 0.3) is 0 Å². The first kappa shape index (κ1) is 102. The third kappa shape index (κ3) is 34.2. The molecule has 0 saturated carbocycles. The molecule has 5 radical (unpaired) electrons. The van der Waals surface area contributed by atoms with Gasteiger partial charge in [-0.15, -0.1) is 114 Å². The summed E-state index contributed by atoms with van der Waals surface area (Å²) in [7, 11) is 0. The largest absolute Gasteiger partial charge is 0.507 e. The molecule has 7 aromatic heterocycles. The van der Waals surface area contributed by atoms with Crippen LogP contribution in [0, 0.1) is 59.9 Å². The first-order valence-corrected chi connectivity index (χ1v) is 37.4. The molecular weight excluding hydrogens is 2240 g/mol. The van der Waals surface area contributed by atoms with Crippen LogP contribution in [0.15, 0.2) is 256 Å². The van der Waals surface area contributed by atoms with Crippen LogP contribution in [0.2, 0.25) is 0 Å². The topological polar surface area (TPSA) is 157 Å². The van der Waals surface area contributed by atoms with Gasteiger partial charge in [0.15, 0.2) is 0 Å². The molecular formula is C96H100F2Ir4N9O3Rh-5. The van der Waals surface area contributed by atoms with Crippen LogP contribution in [0.3, 0.4) is 0 Å². The molecule has 13 aromatic rings. The average molecular weight is 2340 g/mol. The third-order valence-corrected chi connectivity index (χ3v) is 18.0. The number of hydrogen-bond donors (Lipinski definition) is 2. The zero-order valence-electron chi connectivity index (χ0n) is 67.1. The maximum Gasteiger partial charge on any atom is 0.354 e. The fourth-order valence-corrected chi connectivity index (χ4v) is 11.1. The number of rotatable bonds is 18. The quantitative estimate of drug-likeness (QED) is 0.0626. The zero-order valence-corrected chi connectivity index (χ0v) is 78.3. The van der Waals surface area contributed by atoms with Gasteiger partial charge in [0.2, 0.25) is 0 Å². The molecule has 12 nitrogen and oxygen atoms in total. The first-order chi connectivity index (χ1) is 53.0. The van der Waals surface area contributed by atoms with Gasteiger partial charge < -0.3 is 30.1 Å². The van der Waals surface area contributed by atoms with E-state index in [2.05, 4.69) is 189 Å². The molecule has 6 aromatic carbocycles. The molecule has 0 saturated heterocycles. The molecule has 0 aliphatic carbocycles. The van der Waals surface area contributed by atoms with Crippen molar-refractivity contribution in [3.8, 4) is 67.7 Å². The molecule has 0 bridgehead atoms. The Morgan fingerprint density at radius 1 is 0.504 bits per heavy atom. The standard InChI is InChI=1S/C16H15N2.C16H18N.C15H14F2N.C15H17NO.C15H16N.C13H15N2.C6H5NO2.4Ir.Rh/c1-12(2)9-13-7-8-18-16(10-13)14-5-4-6-15(11-14)17-3;1-16(2,3)12-13-9-10-17-15(11-13)14-7-5-4-6-8-14;1-3-10(2)14-12(16)8-7-11(15(14)17)13-6-4-5-9-18-13;1-3-11(2)12-7-8-13(15(17)10-12)14-6-4-5-9-16-14;1-3-12(2)14-9-10-15(16-11-14)13-7-5-4-6-8-13;1-3-11(2)12-9-14-15(10-12)13-7-5-4-6-8-13;8-6(9)5-3-1-2-4-7-5;;;;;/h4,6-8,10-12H,9H2,1-2H3;4-7,9-11H,12H2,1-3H3;4-6,8-10H,3H2,1-2H3;4-11,17H,3H2,1-2H3;4-7,9-12H,3H2,1-2H3;4-7,9-11H,3H2,1-2H3;1-4H,(H,8,9);;;;;/q3*-1;;2*-1;;;;;;. The normalized spacial score (nSPS) is 11.2. The molecule has 4 unspecified atom stereocenters. The number of para-hydroxylation sites is 1. The van der Waals surface area contributed by atoms with Gasteiger partial charge in [0.05, 0.1) is 18.5 Å². The van der Waals surface area contributed by atoms with Crippen molar-refractivity contribution in [3.05, 3.63) is 348 Å². The van der Waals surface area contributed by atoms with Crippen LogP contribution in [-0.2, 0) is 113 Å². The number of pyridine rings is 6. The van der Waals surface area contributed by atoms with Crippen molar-refractivity contribution in [2.45, 2.75) is 152 Å². The summed E-state index contributed by atoms with van der Waals surface area (Å²) in [5.74, 6) is 0.310. The second kappa shape index (κ2) is 54.2. The van der Waals surface area contributed by atoms with Crippen LogP contribution >= 0.6 is 0 Å². The summed E-state index contributed by atoms with van der Waals surface area (Å²) in [5.41, 5.74) is 16.7. The summed E-state index contributed by atoms with van der Waals surface area (Å²) in [4.78, 5) is 38.7. The van der Waals surface area contributed by atoms with Crippen LogP contribution in [0.5, 0.6) is 5.75 Å². The average Bonchev–Trinajstić information content (AvgIpc) is 1.45. The van der Waals surface area contributed by atoms with Crippen molar-refractivity contribution in [2.75, 3.05) is 0 Å². The van der Waals surface area contributed by atoms with Crippen LogP contribution < -0.4 is 0 Å². The first-order valence-electron chi connectivity index (χ1n) is 37.4. The van der Waals surface area contributed by atoms with Gasteiger partial charge in [-0.1, -0.05) is 173 Å². The van der Waals surface area contributed by atoms with Gasteiger partial charge in [-0.25, -0.2) is 9.78 Å². The summed E-state index contributed by atoms with van der Waals surface area (Å²) < 4.78 is 29.9. The minimum absolute atomic E-state index is 0. The van der Waals surface area contributed by atoms with E-state index >= 15 is 0 Å². The van der Waals surface area contributed by atoms with Crippen molar-refractivity contribution in [2.24, 2.45) is 11.3 Å². The van der Waals surface area contributed by atoms with Gasteiger partial charge >= 0.3 is 5.97 Å². The molecule has 2 N–H and O–H groups in total. The number of aromatic hydroxyl groups is 1. The third-order valence-electron chi connectivity index (χ3n) is 18.0. The molecule has 0 aliphatic rings. The van der Waals surface area contributed by atoms with Gasteiger partial charge in [0.1, 0.15) is 17.1 Å². The van der Waals surface area contributed by atoms with Crippen molar-refractivity contribution in [1.29, 1.82) is 0 Å². The Hall–Kier alpha value is -8.73. The second-order valence-electron chi connectivity index (χ2n) is 28.2. The molecule has 13 rings (SSSR count). The van der Waals surface area contributed by atoms with E-state index in [0.717, 1.165) is 82.8 Å². The second-order valence-corrected chi connectivity index (χ2v) is 28.2. The van der Waals surface area contributed by atoms with Crippen molar-refractivity contribution < 1.29 is 124 Å². The maximum absolute atomic E-state index is 14.3. The number of benzene rings is 6. The SMILES string of the molecule is CC(C)(C)Cc1ccnc(-c2[c-]cccc2)c1.CCC(C)c1c(F)c[c-]c(-c2ccccn2)c1F.CCC(C)c1ccc(-c2[c-]cccc2)nc1.CCC(C)c1ccc(-c2ccccn2)c(O)c1.CCC(C)c1cnn(-c2[c-]cccc2)c1.O=C(O)c1ccccn1.[C-]#[N+]c1cc[c-]c(-c2cc(CC(C)C)ccn2)c1.[Ir].[Ir].[Ir].[Ir].[Rh]. The number of phenols is 1. The van der Waals surface area contributed by atoms with E-state index in [1.54, 1.807) is 54.9 Å². The fourth-order valence-electron chi connectivity index (χ4n) is 11.1. The number of nitrogens with zero attached hydrogens (tertiary/aromatic N) is 9. The number of halogens is 2. The number of hydrogen-bond acceptors (Lipinski definition) is 9. The summed E-state index contributed by atoms with van der Waals surface area (Å²) in [6.45, 7) is 35.0. The van der Waals surface area contributed by atoms with E-state index in [4.69, 9.17) is 11.7 Å². The van der Waals surface area contributed by atoms with E-state index in [-0.39, 0.29) is 123 Å². The van der Waals surface area contributed by atoms with E-state index in [1.165, 1.54) is 46.1 Å². The van der Waals surface area contributed by atoms with Crippen LogP contribution in [0.25, 0.3) is 66.8 Å². The van der Waals surface area contributed by atoms with Crippen molar-refractivity contribution >= 4 is 11.7 Å². The number of aromatic nitrogens is 8. The van der Waals surface area contributed by atoms with Crippen LogP contribution in [0.4, 0.5) is 14.5 Å². The summed E-state index contributed by atoms with van der Waals surface area (Å²) in [6.07, 6.45) is 20.6. The summed E-state index contributed by atoms with van der Waals surface area (Å²) in [6, 6.07) is 79.8. The van der Waals surface area contributed by atoms with Crippen LogP contribution in [0.1, 0.15) is 183 Å². The van der Waals surface area contributed by atoms with Gasteiger partial charge in [-0.2, -0.15) is 35.4 Å². The molecule has 115 heavy (non-hydrogen) atoms. The molecule has 7 heterocycles. The molecule has 0 fully saturated rings. The molecule has 0 amide bonds. The Balaban J connectivity index is 0.000000455. The molecule has 0 spiro atoms. The molecule has 4 atom stereocenters. The molecule has 0 aliphatic heterocycles. The minimum atomic E-state index is -0.990. The summed E-state index contributed by atoms with van der Waals surface area (Å²) in [5, 5.41) is 22.7. The number of carbonyl (C=O) groups is 1. The van der Waals surface area contributed by atoms with E-state index in [9.17, 15) is 18.7 Å². The Kier molecular flexibility index (Phi) is 48.3. The predicted molar refractivity (Wildman–Crippen MR) is 442 cm³/mol. The Labute approximate surface area is 747 Å². The van der Waals surface area contributed by atoms with E-state index in [0.29, 0.717) is 52.6 Å². The van der Waals surface area contributed by atoms with Gasteiger partial charge in [-0.05, 0) is 167 Å². The monoisotopic (exact) mass is 2340 g/mol.